The first-order chi connectivity index (χ1) is 6.29. The number of ketones is 1. The number of hydrogen-bond acceptors (Lipinski definition) is 1. The molecular weight excluding hydrogens is 184 g/mol. The fourth-order valence-corrected chi connectivity index (χ4v) is 2.48. The molecule has 0 aliphatic heterocycles. The standard InChI is InChI=1S/C11H13ClO/c12-11-9-6-4-2-1-3-5-8(9)7-10(11)13/h1-2,8H,3-7H2/b2-1-. The average Bonchev–Trinajstić information content (AvgIpc) is 2.31. The van der Waals surface area contributed by atoms with Gasteiger partial charge < -0.3 is 0 Å². The van der Waals surface area contributed by atoms with E-state index in [1.165, 1.54) is 5.57 Å². The molecule has 0 heterocycles. The Morgan fingerprint density at radius 3 is 2.92 bits per heavy atom. The minimum atomic E-state index is 0.156. The van der Waals surface area contributed by atoms with Crippen LogP contribution in [0.2, 0.25) is 0 Å². The van der Waals surface area contributed by atoms with Gasteiger partial charge in [0, 0.05) is 6.42 Å². The first kappa shape index (κ1) is 9.01. The lowest BCUT2D eigenvalue weighted by atomic mass is 9.91. The summed E-state index contributed by atoms with van der Waals surface area (Å²) in [6, 6.07) is 0. The van der Waals surface area contributed by atoms with Crippen LogP contribution >= 0.6 is 11.6 Å². The highest BCUT2D eigenvalue weighted by Gasteiger charge is 2.30. The van der Waals surface area contributed by atoms with E-state index in [-0.39, 0.29) is 5.78 Å². The SMILES string of the molecule is O=C1CC2CC/C=C\CCC2=C1Cl. The zero-order valence-electron chi connectivity index (χ0n) is 7.55. The largest absolute Gasteiger partial charge is 0.293 e. The van der Waals surface area contributed by atoms with Crippen molar-refractivity contribution in [2.24, 2.45) is 5.92 Å². The van der Waals surface area contributed by atoms with E-state index in [0.29, 0.717) is 17.4 Å². The molecule has 13 heavy (non-hydrogen) atoms. The second kappa shape index (κ2) is 3.67. The predicted octanol–water partition coefficient (Wildman–Crippen LogP) is 3.20. The second-order valence-corrected chi connectivity index (χ2v) is 4.13. The van der Waals surface area contributed by atoms with Crippen LogP contribution in [0.1, 0.15) is 32.1 Å². The summed E-state index contributed by atoms with van der Waals surface area (Å²) in [4.78, 5) is 11.4. The molecule has 0 aromatic heterocycles. The summed E-state index contributed by atoms with van der Waals surface area (Å²) in [7, 11) is 0. The zero-order valence-corrected chi connectivity index (χ0v) is 8.31. The first-order valence-electron chi connectivity index (χ1n) is 4.86. The first-order valence-corrected chi connectivity index (χ1v) is 5.23. The van der Waals surface area contributed by atoms with Gasteiger partial charge in [0.25, 0.3) is 0 Å². The topological polar surface area (TPSA) is 17.1 Å². The molecule has 0 fully saturated rings. The van der Waals surface area contributed by atoms with Gasteiger partial charge in [-0.3, -0.25) is 4.79 Å². The van der Waals surface area contributed by atoms with E-state index in [2.05, 4.69) is 12.2 Å². The molecule has 2 aliphatic rings. The molecule has 0 aromatic carbocycles. The molecule has 2 heteroatoms. The maximum Gasteiger partial charge on any atom is 0.174 e. The maximum absolute atomic E-state index is 11.4. The molecule has 0 bridgehead atoms. The van der Waals surface area contributed by atoms with E-state index in [1.54, 1.807) is 0 Å². The third kappa shape index (κ3) is 1.71. The molecule has 0 N–H and O–H groups in total. The Bertz CT molecular complexity index is 288. The summed E-state index contributed by atoms with van der Waals surface area (Å²) in [5.41, 5.74) is 1.22. The van der Waals surface area contributed by atoms with Crippen molar-refractivity contribution in [2.45, 2.75) is 32.1 Å². The van der Waals surface area contributed by atoms with E-state index in [9.17, 15) is 4.79 Å². The number of Topliss-reactive ketones (excluding diaryl/α,β-unsaturated/α-hetero) is 1. The smallest absolute Gasteiger partial charge is 0.174 e. The van der Waals surface area contributed by atoms with Gasteiger partial charge in [-0.25, -0.2) is 0 Å². The molecule has 0 radical (unpaired) electrons. The van der Waals surface area contributed by atoms with Crippen LogP contribution in [-0.2, 0) is 4.79 Å². The second-order valence-electron chi connectivity index (χ2n) is 3.75. The van der Waals surface area contributed by atoms with E-state index in [4.69, 9.17) is 11.6 Å². The Balaban J connectivity index is 2.23. The number of allylic oxidation sites excluding steroid dienone is 4. The third-order valence-electron chi connectivity index (χ3n) is 2.88. The van der Waals surface area contributed by atoms with E-state index in [1.807, 2.05) is 0 Å². The number of carbonyl (C=O) groups excluding carboxylic acids is 1. The molecular formula is C11H13ClO. The summed E-state index contributed by atoms with van der Waals surface area (Å²) in [6.45, 7) is 0. The van der Waals surface area contributed by atoms with Crippen molar-refractivity contribution < 1.29 is 4.79 Å². The number of hydrogen-bond donors (Lipinski definition) is 0. The lowest BCUT2D eigenvalue weighted by Crippen LogP contribution is -2.01. The van der Waals surface area contributed by atoms with Crippen molar-refractivity contribution in [1.29, 1.82) is 0 Å². The lowest BCUT2D eigenvalue weighted by molar-refractivity contribution is -0.114. The zero-order chi connectivity index (χ0) is 9.26. The van der Waals surface area contributed by atoms with Gasteiger partial charge in [-0.15, -0.1) is 0 Å². The Kier molecular flexibility index (Phi) is 2.54. The summed E-state index contributed by atoms with van der Waals surface area (Å²) in [6.07, 6.45) is 9.26. The monoisotopic (exact) mass is 196 g/mol. The van der Waals surface area contributed by atoms with Crippen LogP contribution in [0.3, 0.4) is 0 Å². The van der Waals surface area contributed by atoms with Gasteiger partial charge in [0.15, 0.2) is 5.78 Å². The molecule has 2 aliphatic carbocycles. The summed E-state index contributed by atoms with van der Waals surface area (Å²) in [5, 5.41) is 0.542. The van der Waals surface area contributed by atoms with Gasteiger partial charge in [-0.2, -0.15) is 0 Å². The number of rotatable bonds is 0. The fraction of sp³-hybridized carbons (Fsp3) is 0.545. The molecule has 0 saturated heterocycles. The lowest BCUT2D eigenvalue weighted by Gasteiger charge is -2.14. The fourth-order valence-electron chi connectivity index (χ4n) is 2.16. The molecule has 0 amide bonds. The molecule has 0 saturated carbocycles. The van der Waals surface area contributed by atoms with Gasteiger partial charge in [-0.05, 0) is 37.2 Å². The van der Waals surface area contributed by atoms with Crippen LogP contribution in [0.25, 0.3) is 0 Å². The maximum atomic E-state index is 11.4. The van der Waals surface area contributed by atoms with Crippen molar-refractivity contribution in [2.75, 3.05) is 0 Å². The van der Waals surface area contributed by atoms with Gasteiger partial charge in [0.1, 0.15) is 0 Å². The van der Waals surface area contributed by atoms with Crippen LogP contribution in [0.5, 0.6) is 0 Å². The van der Waals surface area contributed by atoms with Crippen LogP contribution in [0.15, 0.2) is 22.8 Å². The molecule has 1 unspecified atom stereocenters. The Morgan fingerprint density at radius 1 is 1.31 bits per heavy atom. The minimum Gasteiger partial charge on any atom is -0.293 e. The van der Waals surface area contributed by atoms with Crippen LogP contribution < -0.4 is 0 Å². The quantitative estimate of drug-likeness (QED) is 0.544. The van der Waals surface area contributed by atoms with Crippen molar-refractivity contribution in [3.63, 3.8) is 0 Å². The molecule has 1 nitrogen and oxygen atoms in total. The number of carbonyl (C=O) groups is 1. The van der Waals surface area contributed by atoms with Crippen LogP contribution in [0, 0.1) is 5.92 Å². The average molecular weight is 197 g/mol. The van der Waals surface area contributed by atoms with Gasteiger partial charge in [0.2, 0.25) is 0 Å². The highest BCUT2D eigenvalue weighted by Crippen LogP contribution is 2.38. The summed E-state index contributed by atoms with van der Waals surface area (Å²) in [5.74, 6) is 0.605. The predicted molar refractivity (Wildman–Crippen MR) is 53.6 cm³/mol. The van der Waals surface area contributed by atoms with Crippen molar-refractivity contribution in [3.05, 3.63) is 22.8 Å². The van der Waals surface area contributed by atoms with Gasteiger partial charge in [-0.1, -0.05) is 23.8 Å². The van der Waals surface area contributed by atoms with Crippen LogP contribution in [-0.4, -0.2) is 5.78 Å². The summed E-state index contributed by atoms with van der Waals surface area (Å²) >= 11 is 5.97. The van der Waals surface area contributed by atoms with Gasteiger partial charge >= 0.3 is 0 Å². The molecule has 1 atom stereocenters. The highest BCUT2D eigenvalue weighted by molar-refractivity contribution is 6.43. The molecule has 0 spiro atoms. The number of halogens is 1. The normalized spacial score (nSPS) is 31.2. The highest BCUT2D eigenvalue weighted by atomic mass is 35.5. The number of fused-ring (bicyclic) bond motifs is 1. The van der Waals surface area contributed by atoms with Gasteiger partial charge in [0.05, 0.1) is 5.03 Å². The Labute approximate surface area is 83.5 Å². The van der Waals surface area contributed by atoms with Crippen LogP contribution in [0.4, 0.5) is 0 Å². The molecule has 0 aromatic rings. The summed E-state index contributed by atoms with van der Waals surface area (Å²) < 4.78 is 0. The third-order valence-corrected chi connectivity index (χ3v) is 3.33. The molecule has 70 valence electrons. The van der Waals surface area contributed by atoms with Crippen molar-refractivity contribution in [3.8, 4) is 0 Å². The van der Waals surface area contributed by atoms with E-state index in [0.717, 1.165) is 25.7 Å². The Morgan fingerprint density at radius 2 is 2.08 bits per heavy atom. The van der Waals surface area contributed by atoms with E-state index >= 15 is 0 Å². The molecule has 2 rings (SSSR count). The van der Waals surface area contributed by atoms with Crippen molar-refractivity contribution >= 4 is 17.4 Å². The van der Waals surface area contributed by atoms with Crippen molar-refractivity contribution in [1.82, 2.24) is 0 Å². The minimum absolute atomic E-state index is 0.156. The van der Waals surface area contributed by atoms with E-state index < -0.39 is 0 Å². The Hall–Kier alpha value is -0.560.